The Morgan fingerprint density at radius 1 is 0.947 bits per heavy atom. The van der Waals surface area contributed by atoms with Crippen molar-refractivity contribution >= 4 is 0 Å². The van der Waals surface area contributed by atoms with Gasteiger partial charge >= 0.3 is 0 Å². The summed E-state index contributed by atoms with van der Waals surface area (Å²) in [6.07, 6.45) is 2.36. The van der Waals surface area contributed by atoms with Gasteiger partial charge in [-0.2, -0.15) is 5.26 Å². The van der Waals surface area contributed by atoms with Crippen molar-refractivity contribution in [3.05, 3.63) is 59.7 Å². The molecule has 96 valence electrons. The third-order valence-electron chi connectivity index (χ3n) is 3.58. The maximum Gasteiger partial charge on any atom is 0.0991 e. The summed E-state index contributed by atoms with van der Waals surface area (Å²) in [5.74, 6) is 0.737. The predicted octanol–water partition coefficient (Wildman–Crippen LogP) is 4.81. The molecule has 2 aromatic carbocycles. The largest absolute Gasteiger partial charge is 0.192 e. The zero-order chi connectivity index (χ0) is 13.7. The Balaban J connectivity index is 2.15. The molecule has 0 aromatic heterocycles. The van der Waals surface area contributed by atoms with Crippen molar-refractivity contribution in [2.45, 2.75) is 26.7 Å². The van der Waals surface area contributed by atoms with Crippen molar-refractivity contribution in [2.24, 2.45) is 5.92 Å². The summed E-state index contributed by atoms with van der Waals surface area (Å²) in [4.78, 5) is 0. The van der Waals surface area contributed by atoms with E-state index in [2.05, 4.69) is 44.2 Å². The van der Waals surface area contributed by atoms with Crippen molar-refractivity contribution in [2.75, 3.05) is 0 Å². The average molecular weight is 249 g/mol. The summed E-state index contributed by atoms with van der Waals surface area (Å²) in [7, 11) is 0. The van der Waals surface area contributed by atoms with Gasteiger partial charge in [0.15, 0.2) is 0 Å². The van der Waals surface area contributed by atoms with Crippen LogP contribution in [-0.4, -0.2) is 0 Å². The summed E-state index contributed by atoms with van der Waals surface area (Å²) in [6.45, 7) is 4.52. The molecular weight excluding hydrogens is 230 g/mol. The van der Waals surface area contributed by atoms with E-state index in [0.29, 0.717) is 5.56 Å². The first-order chi connectivity index (χ1) is 9.22. The van der Waals surface area contributed by atoms with Crippen LogP contribution in [0.15, 0.2) is 48.5 Å². The Morgan fingerprint density at radius 2 is 1.47 bits per heavy atom. The first-order valence-corrected chi connectivity index (χ1v) is 6.82. The number of hydrogen-bond acceptors (Lipinski definition) is 1. The maximum atomic E-state index is 8.79. The first kappa shape index (κ1) is 13.4. The Hall–Kier alpha value is -2.07. The van der Waals surface area contributed by atoms with E-state index in [9.17, 15) is 0 Å². The topological polar surface area (TPSA) is 23.8 Å². The normalized spacial score (nSPS) is 11.8. The molecule has 1 nitrogen and oxygen atoms in total. The molecule has 0 aliphatic carbocycles. The van der Waals surface area contributed by atoms with Gasteiger partial charge in [-0.05, 0) is 41.2 Å². The van der Waals surface area contributed by atoms with E-state index in [0.717, 1.165) is 17.9 Å². The second-order valence-electron chi connectivity index (χ2n) is 5.10. The Kier molecular flexibility index (Phi) is 4.36. The molecule has 0 spiro atoms. The average Bonchev–Trinajstić information content (AvgIpc) is 2.48. The molecule has 0 amide bonds. The molecule has 2 rings (SSSR count). The highest BCUT2D eigenvalue weighted by atomic mass is 14.2. The minimum absolute atomic E-state index is 0.706. The molecule has 1 heteroatoms. The quantitative estimate of drug-likeness (QED) is 0.762. The van der Waals surface area contributed by atoms with Gasteiger partial charge in [-0.25, -0.2) is 0 Å². The lowest BCUT2D eigenvalue weighted by molar-refractivity contribution is 0.560. The van der Waals surface area contributed by atoms with Crippen LogP contribution in [0, 0.1) is 17.2 Å². The molecule has 0 N–H and O–H groups in total. The van der Waals surface area contributed by atoms with Crippen LogP contribution in [0.5, 0.6) is 0 Å². The van der Waals surface area contributed by atoms with Crippen LogP contribution in [-0.2, 0) is 6.42 Å². The Labute approximate surface area is 115 Å². The van der Waals surface area contributed by atoms with E-state index in [1.807, 2.05) is 24.3 Å². The highest BCUT2D eigenvalue weighted by molar-refractivity contribution is 5.64. The van der Waals surface area contributed by atoms with Gasteiger partial charge in [0.1, 0.15) is 0 Å². The van der Waals surface area contributed by atoms with Gasteiger partial charge in [0, 0.05) is 0 Å². The molecule has 0 saturated carbocycles. The molecule has 0 aliphatic rings. The fraction of sp³-hybridized carbons (Fsp3) is 0.278. The van der Waals surface area contributed by atoms with Crippen LogP contribution in [0.25, 0.3) is 11.1 Å². The van der Waals surface area contributed by atoms with Crippen molar-refractivity contribution in [3.63, 3.8) is 0 Å². The molecule has 0 fully saturated rings. The van der Waals surface area contributed by atoms with E-state index in [4.69, 9.17) is 5.26 Å². The molecule has 0 bridgehead atoms. The van der Waals surface area contributed by atoms with Crippen molar-refractivity contribution in [3.8, 4) is 17.2 Å². The van der Waals surface area contributed by atoms with Crippen molar-refractivity contribution in [1.82, 2.24) is 0 Å². The van der Waals surface area contributed by atoms with E-state index in [1.54, 1.807) is 0 Å². The van der Waals surface area contributed by atoms with E-state index in [-0.39, 0.29) is 0 Å². The van der Waals surface area contributed by atoms with Crippen molar-refractivity contribution in [1.29, 1.82) is 5.26 Å². The predicted molar refractivity (Wildman–Crippen MR) is 79.8 cm³/mol. The highest BCUT2D eigenvalue weighted by Crippen LogP contribution is 2.21. The van der Waals surface area contributed by atoms with Crippen LogP contribution in [0.3, 0.4) is 0 Å². The number of benzene rings is 2. The lowest BCUT2D eigenvalue weighted by Gasteiger charge is -2.09. The summed E-state index contributed by atoms with van der Waals surface area (Å²) < 4.78 is 0. The SMILES string of the molecule is CC[C@@H](C)Cc1ccc(-c2ccc(C#N)cc2)cc1. The summed E-state index contributed by atoms with van der Waals surface area (Å²) in [5, 5.41) is 8.79. The lowest BCUT2D eigenvalue weighted by Crippen LogP contribution is -1.97. The van der Waals surface area contributed by atoms with Gasteiger partial charge in [0.2, 0.25) is 0 Å². The molecule has 0 unspecified atom stereocenters. The van der Waals surface area contributed by atoms with Gasteiger partial charge in [-0.15, -0.1) is 0 Å². The molecule has 0 saturated heterocycles. The number of rotatable bonds is 4. The number of nitrogens with zero attached hydrogens (tertiary/aromatic N) is 1. The Bertz CT molecular complexity index is 558. The molecule has 2 aromatic rings. The van der Waals surface area contributed by atoms with Gasteiger partial charge < -0.3 is 0 Å². The minimum atomic E-state index is 0.706. The zero-order valence-corrected chi connectivity index (χ0v) is 11.6. The molecule has 1 atom stereocenters. The molecule has 0 radical (unpaired) electrons. The van der Waals surface area contributed by atoms with Crippen molar-refractivity contribution < 1.29 is 0 Å². The van der Waals surface area contributed by atoms with Crippen LogP contribution >= 0.6 is 0 Å². The second kappa shape index (κ2) is 6.20. The van der Waals surface area contributed by atoms with Gasteiger partial charge in [0.25, 0.3) is 0 Å². The lowest BCUT2D eigenvalue weighted by atomic mass is 9.96. The highest BCUT2D eigenvalue weighted by Gasteiger charge is 2.02. The van der Waals surface area contributed by atoms with Gasteiger partial charge in [-0.1, -0.05) is 56.7 Å². The first-order valence-electron chi connectivity index (χ1n) is 6.82. The van der Waals surface area contributed by atoms with E-state index >= 15 is 0 Å². The minimum Gasteiger partial charge on any atom is -0.192 e. The summed E-state index contributed by atoms with van der Waals surface area (Å²) in [6, 6.07) is 18.6. The zero-order valence-electron chi connectivity index (χ0n) is 11.6. The van der Waals surface area contributed by atoms with E-state index in [1.165, 1.54) is 17.5 Å². The maximum absolute atomic E-state index is 8.79. The fourth-order valence-corrected chi connectivity index (χ4v) is 2.12. The number of hydrogen-bond donors (Lipinski definition) is 0. The molecule has 0 aliphatic heterocycles. The smallest absolute Gasteiger partial charge is 0.0991 e. The number of nitriles is 1. The van der Waals surface area contributed by atoms with Crippen LogP contribution in [0.1, 0.15) is 31.4 Å². The van der Waals surface area contributed by atoms with Crippen LogP contribution in [0.4, 0.5) is 0 Å². The second-order valence-corrected chi connectivity index (χ2v) is 5.10. The standard InChI is InChI=1S/C18H19N/c1-3-14(2)12-15-4-8-17(9-5-15)18-10-6-16(13-19)7-11-18/h4-11,14H,3,12H2,1-2H3/t14-/m1/s1. The van der Waals surface area contributed by atoms with Gasteiger partial charge in [0.05, 0.1) is 11.6 Å². The monoisotopic (exact) mass is 249 g/mol. The Morgan fingerprint density at radius 3 is 1.95 bits per heavy atom. The van der Waals surface area contributed by atoms with Crippen LogP contribution < -0.4 is 0 Å². The fourth-order valence-electron chi connectivity index (χ4n) is 2.12. The molecule has 19 heavy (non-hydrogen) atoms. The third kappa shape index (κ3) is 3.45. The van der Waals surface area contributed by atoms with Gasteiger partial charge in [-0.3, -0.25) is 0 Å². The van der Waals surface area contributed by atoms with E-state index < -0.39 is 0 Å². The molecular formula is C18H19N. The summed E-state index contributed by atoms with van der Waals surface area (Å²) in [5.41, 5.74) is 4.47. The van der Waals surface area contributed by atoms with Crippen LogP contribution in [0.2, 0.25) is 0 Å². The summed E-state index contributed by atoms with van der Waals surface area (Å²) >= 11 is 0. The third-order valence-corrected chi connectivity index (χ3v) is 3.58. The molecule has 0 heterocycles.